The van der Waals surface area contributed by atoms with E-state index in [1.54, 1.807) is 30.7 Å². The minimum absolute atomic E-state index is 0.164. The van der Waals surface area contributed by atoms with Crippen molar-refractivity contribution in [3.05, 3.63) is 80.7 Å². The summed E-state index contributed by atoms with van der Waals surface area (Å²) < 4.78 is 7.81. The molecule has 1 aromatic carbocycles. The molecule has 1 N–H and O–H groups in total. The Bertz CT molecular complexity index is 1600. The van der Waals surface area contributed by atoms with Crippen molar-refractivity contribution in [3.8, 4) is 16.2 Å². The number of ether oxygens (including phenoxy) is 1. The minimum Gasteiger partial charge on any atom is -0.494 e. The molecule has 0 amide bonds. The first-order valence-corrected chi connectivity index (χ1v) is 13.1. The fourth-order valence-electron chi connectivity index (χ4n) is 4.91. The Morgan fingerprint density at radius 1 is 1.22 bits per heavy atom. The third-order valence-electron chi connectivity index (χ3n) is 6.84. The predicted molar refractivity (Wildman–Crippen MR) is 142 cm³/mol. The van der Waals surface area contributed by atoms with Gasteiger partial charge in [0.15, 0.2) is 12.4 Å². The highest BCUT2D eigenvalue weighted by molar-refractivity contribution is 7.16. The van der Waals surface area contributed by atoms with Gasteiger partial charge in [-0.05, 0) is 62.4 Å². The topological polar surface area (TPSA) is 103 Å². The van der Waals surface area contributed by atoms with Gasteiger partial charge in [0.2, 0.25) is 5.43 Å². The molecule has 1 fully saturated rings. The van der Waals surface area contributed by atoms with Gasteiger partial charge < -0.3 is 19.2 Å². The Labute approximate surface area is 216 Å². The summed E-state index contributed by atoms with van der Waals surface area (Å²) in [7, 11) is 1.59. The molecule has 0 atom stereocenters. The molecule has 4 aromatic rings. The van der Waals surface area contributed by atoms with Crippen LogP contribution in [0, 0.1) is 0 Å². The lowest BCUT2D eigenvalue weighted by molar-refractivity contribution is 0.0695. The van der Waals surface area contributed by atoms with Crippen LogP contribution in [0.4, 0.5) is 0 Å². The van der Waals surface area contributed by atoms with Crippen LogP contribution < -0.4 is 10.2 Å². The van der Waals surface area contributed by atoms with Crippen LogP contribution in [0.15, 0.2) is 58.7 Å². The normalized spacial score (nSPS) is 16.1. The highest BCUT2D eigenvalue weighted by atomic mass is 32.1. The summed E-state index contributed by atoms with van der Waals surface area (Å²) in [4.78, 5) is 36.9. The maximum atomic E-state index is 13.0. The summed E-state index contributed by atoms with van der Waals surface area (Å²) in [5.41, 5.74) is 3.64. The van der Waals surface area contributed by atoms with E-state index in [2.05, 4.69) is 16.2 Å². The van der Waals surface area contributed by atoms with Crippen LogP contribution in [0.2, 0.25) is 0 Å². The number of oxime groups is 1. The zero-order chi connectivity index (χ0) is 25.5. The number of carbonyl (C=O) groups is 1. The number of rotatable bonds is 7. The Balaban J connectivity index is 1.42. The van der Waals surface area contributed by atoms with E-state index in [1.165, 1.54) is 11.1 Å². The van der Waals surface area contributed by atoms with Crippen LogP contribution >= 0.6 is 11.3 Å². The third-order valence-corrected chi connectivity index (χ3v) is 8.07. The number of pyridine rings is 2. The number of benzene rings is 1. The van der Waals surface area contributed by atoms with Gasteiger partial charge in [-0.15, -0.1) is 11.3 Å². The third kappa shape index (κ3) is 4.29. The van der Waals surface area contributed by atoms with E-state index in [0.29, 0.717) is 23.3 Å². The van der Waals surface area contributed by atoms with Gasteiger partial charge >= 0.3 is 5.97 Å². The summed E-state index contributed by atoms with van der Waals surface area (Å²) in [5, 5.41) is 14.4. The quantitative estimate of drug-likeness (QED) is 0.330. The van der Waals surface area contributed by atoms with Crippen LogP contribution in [0.25, 0.3) is 21.3 Å². The standard InChI is InChI=1S/C28H25N3O5S/c1-35-27-18(10-11-19-25(27)31(17-8-9-17)14-21(26(19)32)28(33)34)24-13-20-22(6-4-7-23(20)37-24)30-36-15-16-5-2-3-12-29-16/h2-3,5,10-14,17H,4,6-9,15H2,1H3,(H,33,34)/b30-22+. The molecule has 9 heteroatoms. The molecule has 3 aromatic heterocycles. The molecule has 37 heavy (non-hydrogen) atoms. The first-order chi connectivity index (χ1) is 18.0. The van der Waals surface area contributed by atoms with Gasteiger partial charge in [-0.25, -0.2) is 4.79 Å². The van der Waals surface area contributed by atoms with Gasteiger partial charge in [0.05, 0.1) is 29.4 Å². The number of aromatic carboxylic acids is 1. The smallest absolute Gasteiger partial charge is 0.341 e. The number of carboxylic acid groups (broad SMARTS) is 1. The summed E-state index contributed by atoms with van der Waals surface area (Å²) >= 11 is 1.69. The summed E-state index contributed by atoms with van der Waals surface area (Å²) in [6.45, 7) is 0.312. The molecule has 1 saturated carbocycles. The number of aromatic nitrogens is 2. The van der Waals surface area contributed by atoms with Crippen molar-refractivity contribution in [3.63, 3.8) is 0 Å². The van der Waals surface area contributed by atoms with Crippen LogP contribution in [-0.4, -0.2) is 33.4 Å². The molecular formula is C28H25N3O5S. The Morgan fingerprint density at radius 2 is 2.08 bits per heavy atom. The van der Waals surface area contributed by atoms with Crippen LogP contribution in [0.1, 0.15) is 58.2 Å². The maximum Gasteiger partial charge on any atom is 0.341 e. The summed E-state index contributed by atoms with van der Waals surface area (Å²) in [5.74, 6) is -0.630. The Morgan fingerprint density at radius 3 is 2.81 bits per heavy atom. The van der Waals surface area contributed by atoms with E-state index in [4.69, 9.17) is 9.57 Å². The number of hydrogen-bond donors (Lipinski definition) is 1. The first-order valence-electron chi connectivity index (χ1n) is 12.3. The second-order valence-corrected chi connectivity index (χ2v) is 10.4. The highest BCUT2D eigenvalue weighted by Gasteiger charge is 2.30. The van der Waals surface area contributed by atoms with Crippen LogP contribution in [0.3, 0.4) is 0 Å². The second-order valence-electron chi connectivity index (χ2n) is 9.29. The van der Waals surface area contributed by atoms with E-state index in [-0.39, 0.29) is 11.6 Å². The van der Waals surface area contributed by atoms with E-state index in [9.17, 15) is 14.7 Å². The van der Waals surface area contributed by atoms with Crippen LogP contribution in [-0.2, 0) is 17.9 Å². The monoisotopic (exact) mass is 515 g/mol. The van der Waals surface area contributed by atoms with Crippen LogP contribution in [0.5, 0.6) is 5.75 Å². The van der Waals surface area contributed by atoms with Gasteiger partial charge in [0.1, 0.15) is 5.56 Å². The van der Waals surface area contributed by atoms with Crippen molar-refractivity contribution in [2.24, 2.45) is 5.16 Å². The highest BCUT2D eigenvalue weighted by Crippen LogP contribution is 2.45. The number of hydrogen-bond acceptors (Lipinski definition) is 7. The maximum absolute atomic E-state index is 13.0. The first kappa shape index (κ1) is 23.4. The Kier molecular flexibility index (Phi) is 6.00. The zero-order valence-electron chi connectivity index (χ0n) is 20.3. The zero-order valence-corrected chi connectivity index (χ0v) is 21.1. The number of nitrogens with zero attached hydrogens (tertiary/aromatic N) is 3. The van der Waals surface area contributed by atoms with Gasteiger partial charge in [0.25, 0.3) is 0 Å². The fraction of sp³-hybridized carbons (Fsp3) is 0.286. The minimum atomic E-state index is -1.22. The van der Waals surface area contributed by atoms with Crippen molar-refractivity contribution in [1.82, 2.24) is 9.55 Å². The number of aryl methyl sites for hydroxylation is 1. The predicted octanol–water partition coefficient (Wildman–Crippen LogP) is 5.42. The molecule has 0 radical (unpaired) electrons. The molecule has 0 aliphatic heterocycles. The average molecular weight is 516 g/mol. The van der Waals surface area contributed by atoms with E-state index >= 15 is 0 Å². The van der Waals surface area contributed by atoms with Crippen molar-refractivity contribution in [2.45, 2.75) is 44.8 Å². The lowest BCUT2D eigenvalue weighted by Gasteiger charge is -2.17. The molecule has 188 valence electrons. The van der Waals surface area contributed by atoms with Gasteiger partial charge in [-0.2, -0.15) is 0 Å². The van der Waals surface area contributed by atoms with E-state index in [1.807, 2.05) is 28.8 Å². The fourth-order valence-corrected chi connectivity index (χ4v) is 6.15. The van der Waals surface area contributed by atoms with Gasteiger partial charge in [0, 0.05) is 39.3 Å². The number of thiophene rings is 1. The molecule has 2 aliphatic carbocycles. The SMILES string of the molecule is COc1c(-c2cc3c(s2)CCC/C3=N\OCc2ccccn2)ccc2c(=O)c(C(=O)O)cn(C3CC3)c12. The number of fused-ring (bicyclic) bond motifs is 2. The van der Waals surface area contributed by atoms with E-state index in [0.717, 1.165) is 59.5 Å². The molecule has 0 unspecified atom stereocenters. The lowest BCUT2D eigenvalue weighted by Crippen LogP contribution is -2.19. The number of carboxylic acids is 1. The molecule has 8 nitrogen and oxygen atoms in total. The van der Waals surface area contributed by atoms with Gasteiger partial charge in [-0.1, -0.05) is 11.2 Å². The van der Waals surface area contributed by atoms with Crippen molar-refractivity contribution in [1.29, 1.82) is 0 Å². The summed E-state index contributed by atoms with van der Waals surface area (Å²) in [6, 6.07) is 11.6. The molecular weight excluding hydrogens is 490 g/mol. The molecule has 2 aliphatic rings. The van der Waals surface area contributed by atoms with Gasteiger partial charge in [-0.3, -0.25) is 9.78 Å². The lowest BCUT2D eigenvalue weighted by atomic mass is 9.96. The second kappa shape index (κ2) is 9.48. The number of methoxy groups -OCH3 is 1. The summed E-state index contributed by atoms with van der Waals surface area (Å²) in [6.07, 6.45) is 7.88. The van der Waals surface area contributed by atoms with E-state index < -0.39 is 11.4 Å². The van der Waals surface area contributed by atoms with Crippen molar-refractivity contribution >= 4 is 33.9 Å². The Hall–Kier alpha value is -3.98. The molecule has 0 saturated heterocycles. The van der Waals surface area contributed by atoms with Crippen molar-refractivity contribution < 1.29 is 19.5 Å². The molecule has 0 spiro atoms. The molecule has 3 heterocycles. The molecule has 0 bridgehead atoms. The largest absolute Gasteiger partial charge is 0.494 e. The molecule has 6 rings (SSSR count). The average Bonchev–Trinajstić information content (AvgIpc) is 3.66. The van der Waals surface area contributed by atoms with Crippen molar-refractivity contribution in [2.75, 3.05) is 7.11 Å².